The predicted octanol–water partition coefficient (Wildman–Crippen LogP) is 3.32. The summed E-state index contributed by atoms with van der Waals surface area (Å²) in [6.45, 7) is 4.55. The summed E-state index contributed by atoms with van der Waals surface area (Å²) in [5.74, 6) is 1.24. The van der Waals surface area contributed by atoms with Gasteiger partial charge in [-0.25, -0.2) is 14.4 Å². The highest BCUT2D eigenvalue weighted by Crippen LogP contribution is 2.22. The summed E-state index contributed by atoms with van der Waals surface area (Å²) in [5, 5.41) is 0. The summed E-state index contributed by atoms with van der Waals surface area (Å²) >= 11 is 0. The van der Waals surface area contributed by atoms with Gasteiger partial charge >= 0.3 is 0 Å². The lowest BCUT2D eigenvalue weighted by atomic mass is 10.1. The van der Waals surface area contributed by atoms with E-state index in [1.54, 1.807) is 12.1 Å². The monoisotopic (exact) mass is 406 g/mol. The van der Waals surface area contributed by atoms with Gasteiger partial charge < -0.3 is 14.5 Å². The molecule has 0 N–H and O–H groups in total. The minimum absolute atomic E-state index is 0.0207. The van der Waals surface area contributed by atoms with Crippen molar-refractivity contribution in [1.82, 2.24) is 14.9 Å². The van der Waals surface area contributed by atoms with Crippen LogP contribution in [0.3, 0.4) is 0 Å². The Bertz CT molecular complexity index is 1020. The van der Waals surface area contributed by atoms with Gasteiger partial charge in [-0.1, -0.05) is 18.2 Å². The van der Waals surface area contributed by atoms with Crippen molar-refractivity contribution in [2.45, 2.75) is 6.92 Å². The fraction of sp³-hybridized carbons (Fsp3) is 0.261. The van der Waals surface area contributed by atoms with Gasteiger partial charge in [-0.2, -0.15) is 0 Å². The second-order valence-corrected chi connectivity index (χ2v) is 7.19. The van der Waals surface area contributed by atoms with Crippen molar-refractivity contribution < 1.29 is 13.9 Å². The van der Waals surface area contributed by atoms with E-state index < -0.39 is 0 Å². The average Bonchev–Trinajstić information content (AvgIpc) is 2.79. The van der Waals surface area contributed by atoms with Crippen LogP contribution in [0.2, 0.25) is 0 Å². The van der Waals surface area contributed by atoms with E-state index in [-0.39, 0.29) is 18.3 Å². The Hall–Kier alpha value is -3.48. The standard InChI is InChI=1S/C23H23FN4O2/c1-17-4-2-3-5-21(17)30-15-23(29)28-12-10-27(11-13-28)22-14-20(25-16-26-22)18-6-8-19(24)9-7-18/h2-9,14,16H,10-13,15H2,1H3. The van der Waals surface area contributed by atoms with Gasteiger partial charge in [0.15, 0.2) is 6.61 Å². The molecule has 2 heterocycles. The van der Waals surface area contributed by atoms with Crippen LogP contribution < -0.4 is 9.64 Å². The Morgan fingerprint density at radius 2 is 1.77 bits per heavy atom. The van der Waals surface area contributed by atoms with Crippen LogP contribution in [-0.4, -0.2) is 53.6 Å². The number of hydrogen-bond donors (Lipinski definition) is 0. The van der Waals surface area contributed by atoms with Gasteiger partial charge in [0, 0.05) is 37.8 Å². The van der Waals surface area contributed by atoms with E-state index in [9.17, 15) is 9.18 Å². The molecule has 30 heavy (non-hydrogen) atoms. The first kappa shape index (κ1) is 19.8. The van der Waals surface area contributed by atoms with Gasteiger partial charge in [-0.15, -0.1) is 0 Å². The number of amides is 1. The SMILES string of the molecule is Cc1ccccc1OCC(=O)N1CCN(c2cc(-c3ccc(F)cc3)ncn2)CC1. The summed E-state index contributed by atoms with van der Waals surface area (Å²) in [7, 11) is 0. The topological polar surface area (TPSA) is 58.6 Å². The van der Waals surface area contributed by atoms with Crippen molar-refractivity contribution in [3.63, 3.8) is 0 Å². The van der Waals surface area contributed by atoms with E-state index in [4.69, 9.17) is 4.74 Å². The summed E-state index contributed by atoms with van der Waals surface area (Å²) in [5.41, 5.74) is 2.59. The number of benzene rings is 2. The van der Waals surface area contributed by atoms with Crippen molar-refractivity contribution in [1.29, 1.82) is 0 Å². The molecule has 7 heteroatoms. The first-order chi connectivity index (χ1) is 14.6. The number of aryl methyl sites for hydroxylation is 1. The number of hydrogen-bond acceptors (Lipinski definition) is 5. The number of carbonyl (C=O) groups is 1. The molecule has 1 saturated heterocycles. The molecule has 154 valence electrons. The molecule has 0 spiro atoms. The second kappa shape index (κ2) is 8.90. The molecule has 1 aliphatic heterocycles. The lowest BCUT2D eigenvalue weighted by Crippen LogP contribution is -2.50. The van der Waals surface area contributed by atoms with Gasteiger partial charge in [0.2, 0.25) is 0 Å². The number of anilines is 1. The Morgan fingerprint density at radius 1 is 1.03 bits per heavy atom. The fourth-order valence-electron chi connectivity index (χ4n) is 3.43. The van der Waals surface area contributed by atoms with E-state index >= 15 is 0 Å². The van der Waals surface area contributed by atoms with E-state index in [0.29, 0.717) is 26.2 Å². The molecule has 1 aromatic heterocycles. The maximum Gasteiger partial charge on any atom is 0.260 e. The second-order valence-electron chi connectivity index (χ2n) is 7.19. The highest BCUT2D eigenvalue weighted by atomic mass is 19.1. The molecule has 0 saturated carbocycles. The zero-order valence-corrected chi connectivity index (χ0v) is 16.8. The van der Waals surface area contributed by atoms with E-state index in [0.717, 1.165) is 28.4 Å². The van der Waals surface area contributed by atoms with Gasteiger partial charge in [0.05, 0.1) is 5.69 Å². The Morgan fingerprint density at radius 3 is 2.50 bits per heavy atom. The molecule has 0 atom stereocenters. The number of para-hydroxylation sites is 1. The van der Waals surface area contributed by atoms with Crippen LogP contribution in [0.4, 0.5) is 10.2 Å². The van der Waals surface area contributed by atoms with Gasteiger partial charge in [0.25, 0.3) is 5.91 Å². The van der Waals surface area contributed by atoms with Gasteiger partial charge in [-0.05, 0) is 42.8 Å². The zero-order valence-electron chi connectivity index (χ0n) is 16.8. The van der Waals surface area contributed by atoms with Crippen molar-refractivity contribution in [2.24, 2.45) is 0 Å². The minimum atomic E-state index is -0.278. The van der Waals surface area contributed by atoms with E-state index in [1.807, 2.05) is 42.2 Å². The Kier molecular flexibility index (Phi) is 5.88. The summed E-state index contributed by atoms with van der Waals surface area (Å²) in [6, 6.07) is 15.8. The quantitative estimate of drug-likeness (QED) is 0.651. The van der Waals surface area contributed by atoms with Crippen LogP contribution in [0.15, 0.2) is 60.9 Å². The molecule has 0 bridgehead atoms. The average molecular weight is 406 g/mol. The van der Waals surface area contributed by atoms with Crippen LogP contribution in [0, 0.1) is 12.7 Å². The molecular weight excluding hydrogens is 383 g/mol. The Balaban J connectivity index is 1.34. The fourth-order valence-corrected chi connectivity index (χ4v) is 3.43. The number of nitrogens with zero attached hydrogens (tertiary/aromatic N) is 4. The predicted molar refractivity (Wildman–Crippen MR) is 113 cm³/mol. The summed E-state index contributed by atoms with van der Waals surface area (Å²) in [6.07, 6.45) is 1.52. The number of piperazine rings is 1. The first-order valence-electron chi connectivity index (χ1n) is 9.89. The highest BCUT2D eigenvalue weighted by molar-refractivity contribution is 5.78. The third kappa shape index (κ3) is 4.56. The first-order valence-corrected chi connectivity index (χ1v) is 9.89. The molecule has 2 aromatic carbocycles. The molecule has 1 fully saturated rings. The van der Waals surface area contributed by atoms with Crippen molar-refractivity contribution >= 4 is 11.7 Å². The lowest BCUT2D eigenvalue weighted by molar-refractivity contribution is -0.133. The normalized spacial score (nSPS) is 13.9. The molecule has 6 nitrogen and oxygen atoms in total. The van der Waals surface area contributed by atoms with Crippen molar-refractivity contribution in [3.8, 4) is 17.0 Å². The number of aromatic nitrogens is 2. The van der Waals surface area contributed by atoms with Crippen molar-refractivity contribution in [3.05, 3.63) is 72.3 Å². The van der Waals surface area contributed by atoms with Crippen LogP contribution in [0.5, 0.6) is 5.75 Å². The molecule has 3 aromatic rings. The van der Waals surface area contributed by atoms with Crippen LogP contribution in [0.1, 0.15) is 5.56 Å². The number of carbonyl (C=O) groups excluding carboxylic acids is 1. The smallest absolute Gasteiger partial charge is 0.260 e. The molecule has 0 aliphatic carbocycles. The Labute approximate surface area is 174 Å². The summed E-state index contributed by atoms with van der Waals surface area (Å²) < 4.78 is 18.8. The number of ether oxygens (including phenoxy) is 1. The van der Waals surface area contributed by atoms with Crippen LogP contribution in [0.25, 0.3) is 11.3 Å². The number of rotatable bonds is 5. The maximum absolute atomic E-state index is 13.2. The highest BCUT2D eigenvalue weighted by Gasteiger charge is 2.22. The van der Waals surface area contributed by atoms with E-state index in [2.05, 4.69) is 14.9 Å². The number of halogens is 1. The molecule has 1 amide bonds. The summed E-state index contributed by atoms with van der Waals surface area (Å²) in [4.78, 5) is 25.1. The molecule has 0 radical (unpaired) electrons. The zero-order chi connectivity index (χ0) is 20.9. The van der Waals surface area contributed by atoms with Gasteiger partial charge in [-0.3, -0.25) is 4.79 Å². The maximum atomic E-state index is 13.2. The lowest BCUT2D eigenvalue weighted by Gasteiger charge is -2.35. The molecule has 0 unspecified atom stereocenters. The third-order valence-electron chi connectivity index (χ3n) is 5.19. The van der Waals surface area contributed by atoms with Crippen molar-refractivity contribution in [2.75, 3.05) is 37.7 Å². The van der Waals surface area contributed by atoms with Gasteiger partial charge in [0.1, 0.15) is 23.7 Å². The van der Waals surface area contributed by atoms with E-state index in [1.165, 1.54) is 18.5 Å². The molecule has 4 rings (SSSR count). The largest absolute Gasteiger partial charge is 0.484 e. The minimum Gasteiger partial charge on any atom is -0.484 e. The molecular formula is C23H23FN4O2. The third-order valence-corrected chi connectivity index (χ3v) is 5.19. The molecule has 1 aliphatic rings. The van der Waals surface area contributed by atoms with Crippen LogP contribution in [-0.2, 0) is 4.79 Å². The van der Waals surface area contributed by atoms with Crippen LogP contribution >= 0.6 is 0 Å².